The van der Waals surface area contributed by atoms with Crippen molar-refractivity contribution in [3.63, 3.8) is 0 Å². The molecule has 0 aliphatic rings. The highest BCUT2D eigenvalue weighted by Gasteiger charge is 2.10. The summed E-state index contributed by atoms with van der Waals surface area (Å²) in [5, 5.41) is 9.48. The Labute approximate surface area is 81.9 Å². The van der Waals surface area contributed by atoms with E-state index >= 15 is 0 Å². The number of nitrogens with zero attached hydrogens (tertiary/aromatic N) is 1. The number of hydrogen-bond donors (Lipinski definition) is 1. The minimum Gasteiger partial charge on any atom is -0.506 e. The van der Waals surface area contributed by atoms with Crippen LogP contribution in [-0.4, -0.2) is 23.2 Å². The van der Waals surface area contributed by atoms with Crippen LogP contribution in [-0.2, 0) is 4.74 Å². The number of allylic oxidation sites excluding steroid dienone is 1. The maximum atomic E-state index is 11.1. The van der Waals surface area contributed by atoms with Gasteiger partial charge in [-0.25, -0.2) is 4.79 Å². The van der Waals surface area contributed by atoms with Crippen molar-refractivity contribution >= 4 is 11.5 Å². The first-order chi connectivity index (χ1) is 6.56. The number of hydrogen-bond acceptors (Lipinski definition) is 4. The molecule has 1 heterocycles. The summed E-state index contributed by atoms with van der Waals surface area (Å²) in [6.07, 6.45) is 1.34. The van der Waals surface area contributed by atoms with Gasteiger partial charge in [-0.2, -0.15) is 0 Å². The van der Waals surface area contributed by atoms with Gasteiger partial charge >= 0.3 is 5.97 Å². The van der Waals surface area contributed by atoms with E-state index in [0.717, 1.165) is 0 Å². The Hall–Kier alpha value is -1.84. The molecule has 74 valence electrons. The number of esters is 1. The molecule has 1 aromatic rings. The van der Waals surface area contributed by atoms with E-state index in [1.54, 1.807) is 6.92 Å². The zero-order valence-electron chi connectivity index (χ0n) is 8.07. The van der Waals surface area contributed by atoms with Gasteiger partial charge in [-0.05, 0) is 18.6 Å². The summed E-state index contributed by atoms with van der Waals surface area (Å²) in [6, 6.07) is 1.31. The van der Waals surface area contributed by atoms with Crippen LogP contribution in [0.1, 0.15) is 23.0 Å². The van der Waals surface area contributed by atoms with Crippen LogP contribution < -0.4 is 0 Å². The SMILES string of the molecule is C=C(C)c1ncc(C(=O)OC)cc1O. The Kier molecular flexibility index (Phi) is 2.86. The average Bonchev–Trinajstić information content (AvgIpc) is 2.15. The number of carbonyl (C=O) groups excluding carboxylic acids is 1. The van der Waals surface area contributed by atoms with E-state index < -0.39 is 5.97 Å². The molecule has 0 bridgehead atoms. The summed E-state index contributed by atoms with van der Waals surface area (Å²) >= 11 is 0. The lowest BCUT2D eigenvalue weighted by atomic mass is 10.1. The Morgan fingerprint density at radius 2 is 2.29 bits per heavy atom. The van der Waals surface area contributed by atoms with Crippen molar-refractivity contribution in [2.75, 3.05) is 7.11 Å². The highest BCUT2D eigenvalue weighted by atomic mass is 16.5. The average molecular weight is 193 g/mol. The fourth-order valence-corrected chi connectivity index (χ4v) is 1.01. The molecule has 0 aliphatic heterocycles. The molecule has 0 radical (unpaired) electrons. The van der Waals surface area contributed by atoms with Crippen LogP contribution in [0.2, 0.25) is 0 Å². The van der Waals surface area contributed by atoms with Crippen molar-refractivity contribution in [1.29, 1.82) is 0 Å². The normalized spacial score (nSPS) is 9.57. The van der Waals surface area contributed by atoms with Crippen molar-refractivity contribution < 1.29 is 14.6 Å². The fourth-order valence-electron chi connectivity index (χ4n) is 1.01. The van der Waals surface area contributed by atoms with Gasteiger partial charge in [0.1, 0.15) is 11.4 Å². The third-order valence-electron chi connectivity index (χ3n) is 1.69. The molecule has 4 heteroatoms. The monoisotopic (exact) mass is 193 g/mol. The van der Waals surface area contributed by atoms with E-state index in [4.69, 9.17) is 0 Å². The van der Waals surface area contributed by atoms with Gasteiger partial charge in [0, 0.05) is 6.20 Å². The van der Waals surface area contributed by atoms with Crippen LogP contribution in [0.25, 0.3) is 5.57 Å². The molecule has 0 fully saturated rings. The topological polar surface area (TPSA) is 59.4 Å². The third kappa shape index (κ3) is 1.90. The second kappa shape index (κ2) is 3.91. The molecule has 4 nitrogen and oxygen atoms in total. The maximum absolute atomic E-state index is 11.1. The van der Waals surface area contributed by atoms with Gasteiger partial charge in [-0.1, -0.05) is 6.58 Å². The molecule has 0 spiro atoms. The quantitative estimate of drug-likeness (QED) is 0.725. The van der Waals surface area contributed by atoms with E-state index in [0.29, 0.717) is 11.3 Å². The molecule has 1 N–H and O–H groups in total. The van der Waals surface area contributed by atoms with E-state index in [1.807, 2.05) is 0 Å². The summed E-state index contributed by atoms with van der Waals surface area (Å²) in [4.78, 5) is 14.9. The lowest BCUT2D eigenvalue weighted by Gasteiger charge is -2.04. The Balaban J connectivity index is 3.12. The van der Waals surface area contributed by atoms with Gasteiger partial charge in [0.25, 0.3) is 0 Å². The molecule has 14 heavy (non-hydrogen) atoms. The zero-order valence-corrected chi connectivity index (χ0v) is 8.07. The van der Waals surface area contributed by atoms with Crippen molar-refractivity contribution in [1.82, 2.24) is 4.98 Å². The molecule has 0 aliphatic carbocycles. The lowest BCUT2D eigenvalue weighted by Crippen LogP contribution is -2.02. The van der Waals surface area contributed by atoms with Crippen LogP contribution in [0.5, 0.6) is 5.75 Å². The van der Waals surface area contributed by atoms with Crippen LogP contribution in [0.15, 0.2) is 18.8 Å². The van der Waals surface area contributed by atoms with Crippen molar-refractivity contribution in [2.45, 2.75) is 6.92 Å². The Morgan fingerprint density at radius 3 is 2.71 bits per heavy atom. The molecule has 0 atom stereocenters. The van der Waals surface area contributed by atoms with E-state index in [9.17, 15) is 9.90 Å². The lowest BCUT2D eigenvalue weighted by molar-refractivity contribution is 0.0599. The maximum Gasteiger partial charge on any atom is 0.339 e. The molecule has 1 aromatic heterocycles. The number of ether oxygens (including phenoxy) is 1. The van der Waals surface area contributed by atoms with Crippen LogP contribution >= 0.6 is 0 Å². The van der Waals surface area contributed by atoms with Gasteiger partial charge in [0.2, 0.25) is 0 Å². The summed E-state index contributed by atoms with van der Waals surface area (Å²) in [5.74, 6) is -0.596. The number of aromatic hydroxyl groups is 1. The Bertz CT molecular complexity index is 385. The number of aromatic nitrogens is 1. The zero-order chi connectivity index (χ0) is 10.7. The van der Waals surface area contributed by atoms with E-state index in [2.05, 4.69) is 16.3 Å². The second-order valence-electron chi connectivity index (χ2n) is 2.86. The second-order valence-corrected chi connectivity index (χ2v) is 2.86. The van der Waals surface area contributed by atoms with E-state index in [-0.39, 0.29) is 11.3 Å². The standard InChI is InChI=1S/C10H11NO3/c1-6(2)9-8(12)4-7(5-11-9)10(13)14-3/h4-5,12H,1H2,2-3H3. The first kappa shape index (κ1) is 10.2. The number of methoxy groups -OCH3 is 1. The number of carbonyl (C=O) groups is 1. The molecule has 0 aromatic carbocycles. The smallest absolute Gasteiger partial charge is 0.339 e. The molecular weight excluding hydrogens is 182 g/mol. The fraction of sp³-hybridized carbons (Fsp3) is 0.200. The van der Waals surface area contributed by atoms with Crippen molar-refractivity contribution in [3.05, 3.63) is 30.1 Å². The third-order valence-corrected chi connectivity index (χ3v) is 1.69. The molecule has 1 rings (SSSR count). The van der Waals surface area contributed by atoms with Gasteiger partial charge in [0.05, 0.1) is 12.7 Å². The van der Waals surface area contributed by atoms with Crippen LogP contribution in [0.4, 0.5) is 0 Å². The molecule has 0 saturated carbocycles. The molecule has 0 unspecified atom stereocenters. The van der Waals surface area contributed by atoms with Crippen LogP contribution in [0, 0.1) is 0 Å². The van der Waals surface area contributed by atoms with Gasteiger partial charge in [-0.15, -0.1) is 0 Å². The molecular formula is C10H11NO3. The first-order valence-electron chi connectivity index (χ1n) is 3.99. The van der Waals surface area contributed by atoms with Crippen LogP contribution in [0.3, 0.4) is 0 Å². The molecule has 0 saturated heterocycles. The van der Waals surface area contributed by atoms with E-state index in [1.165, 1.54) is 19.4 Å². The first-order valence-corrected chi connectivity index (χ1v) is 3.99. The molecule has 0 amide bonds. The summed E-state index contributed by atoms with van der Waals surface area (Å²) in [6.45, 7) is 5.36. The summed E-state index contributed by atoms with van der Waals surface area (Å²) < 4.78 is 4.48. The highest BCUT2D eigenvalue weighted by Crippen LogP contribution is 2.22. The van der Waals surface area contributed by atoms with Crippen molar-refractivity contribution in [3.8, 4) is 5.75 Å². The van der Waals surface area contributed by atoms with Crippen molar-refractivity contribution in [2.24, 2.45) is 0 Å². The predicted molar refractivity (Wildman–Crippen MR) is 51.9 cm³/mol. The van der Waals surface area contributed by atoms with Gasteiger partial charge in [-0.3, -0.25) is 4.98 Å². The summed E-state index contributed by atoms with van der Waals surface area (Å²) in [5.41, 5.74) is 1.24. The predicted octanol–water partition coefficient (Wildman–Crippen LogP) is 1.61. The minimum atomic E-state index is -0.527. The van der Waals surface area contributed by atoms with Gasteiger partial charge in [0.15, 0.2) is 0 Å². The Morgan fingerprint density at radius 1 is 1.64 bits per heavy atom. The minimum absolute atomic E-state index is 0.0691. The number of pyridine rings is 1. The largest absolute Gasteiger partial charge is 0.506 e. The number of rotatable bonds is 2. The highest BCUT2D eigenvalue weighted by molar-refractivity contribution is 5.89. The summed E-state index contributed by atoms with van der Waals surface area (Å²) in [7, 11) is 1.27. The van der Waals surface area contributed by atoms with Gasteiger partial charge < -0.3 is 9.84 Å².